The molecule has 3 fully saturated rings. The first-order valence-electron chi connectivity index (χ1n) is 22.4. The van der Waals surface area contributed by atoms with Crippen LogP contribution >= 0.6 is 0 Å². The van der Waals surface area contributed by atoms with Crippen molar-refractivity contribution in [3.8, 4) is 0 Å². The van der Waals surface area contributed by atoms with Gasteiger partial charge in [-0.15, -0.1) is 0 Å². The van der Waals surface area contributed by atoms with Gasteiger partial charge >= 0.3 is 5.97 Å². The van der Waals surface area contributed by atoms with E-state index in [-0.39, 0.29) is 51.2 Å². The molecule has 0 spiro atoms. The Bertz CT molecular complexity index is 1830. The number of imidazole rings is 1. The molecule has 0 bridgehead atoms. The second-order valence-electron chi connectivity index (χ2n) is 17.5. The lowest BCUT2D eigenvalue weighted by atomic mass is 10.0. The van der Waals surface area contributed by atoms with Gasteiger partial charge in [-0.05, 0) is 97.4 Å². The molecule has 356 valence electrons. The van der Waals surface area contributed by atoms with E-state index >= 15 is 0 Å². The van der Waals surface area contributed by atoms with Crippen LogP contribution in [0.4, 0.5) is 0 Å². The molecule has 11 N–H and O–H groups in total. The Balaban J connectivity index is 1.43. The van der Waals surface area contributed by atoms with Crippen LogP contribution in [0.2, 0.25) is 0 Å². The second-order valence-corrected chi connectivity index (χ2v) is 17.5. The molecule has 1 aromatic heterocycles. The largest absolute Gasteiger partial charge is 0.480 e. The van der Waals surface area contributed by atoms with Crippen LogP contribution < -0.4 is 38.1 Å². The summed E-state index contributed by atoms with van der Waals surface area (Å²) in [5.74, 6) is -5.75. The molecular weight excluding hydrogens is 833 g/mol. The van der Waals surface area contributed by atoms with Gasteiger partial charge in [-0.25, -0.2) is 9.78 Å². The van der Waals surface area contributed by atoms with Gasteiger partial charge in [-0.3, -0.25) is 38.4 Å². The number of rotatable bonds is 22. The maximum absolute atomic E-state index is 14.2. The summed E-state index contributed by atoms with van der Waals surface area (Å²) in [5, 5.41) is 23.1. The van der Waals surface area contributed by atoms with Gasteiger partial charge < -0.3 is 62.8 Å². The van der Waals surface area contributed by atoms with Crippen molar-refractivity contribution in [3.05, 3.63) is 18.2 Å². The van der Waals surface area contributed by atoms with Gasteiger partial charge in [0.15, 0.2) is 0 Å². The Hall–Kier alpha value is -5.64. The third-order valence-corrected chi connectivity index (χ3v) is 11.9. The Labute approximate surface area is 373 Å². The van der Waals surface area contributed by atoms with Crippen molar-refractivity contribution in [1.29, 1.82) is 0 Å². The average molecular weight is 901 g/mol. The molecule has 0 aliphatic carbocycles. The summed E-state index contributed by atoms with van der Waals surface area (Å²) in [6.45, 7) is 9.27. The van der Waals surface area contributed by atoms with Gasteiger partial charge in [-0.1, -0.05) is 13.8 Å². The van der Waals surface area contributed by atoms with E-state index in [1.165, 1.54) is 48.0 Å². The van der Waals surface area contributed by atoms with E-state index in [1.54, 1.807) is 0 Å². The minimum atomic E-state index is -1.24. The fourth-order valence-corrected chi connectivity index (χ4v) is 8.46. The number of unbranched alkanes of at least 4 members (excludes halogenated alkanes) is 1. The molecule has 0 radical (unpaired) electrons. The van der Waals surface area contributed by atoms with Crippen molar-refractivity contribution >= 4 is 53.2 Å². The molecule has 9 atom stereocenters. The number of hydrogen-bond donors (Lipinski definition) is 9. The summed E-state index contributed by atoms with van der Waals surface area (Å²) in [4.78, 5) is 131. The van der Waals surface area contributed by atoms with E-state index in [1.807, 2.05) is 13.8 Å². The van der Waals surface area contributed by atoms with Crippen molar-refractivity contribution in [2.75, 3.05) is 26.2 Å². The summed E-state index contributed by atoms with van der Waals surface area (Å²) < 4.78 is 0. The van der Waals surface area contributed by atoms with Crippen molar-refractivity contribution in [2.45, 2.75) is 160 Å². The zero-order chi connectivity index (χ0) is 47.2. The molecule has 0 aromatic carbocycles. The third-order valence-electron chi connectivity index (χ3n) is 11.9. The predicted octanol–water partition coefficient (Wildman–Crippen LogP) is -2.00. The smallest absolute Gasteiger partial charge is 0.326 e. The highest BCUT2D eigenvalue weighted by Gasteiger charge is 2.42. The quantitative estimate of drug-likeness (QED) is 0.0570. The van der Waals surface area contributed by atoms with Crippen LogP contribution in [0.15, 0.2) is 12.5 Å². The molecule has 64 heavy (non-hydrogen) atoms. The average Bonchev–Trinajstić information content (AvgIpc) is 4.09. The number of H-pyrrole nitrogens is 1. The molecule has 3 saturated heterocycles. The third kappa shape index (κ3) is 13.7. The summed E-state index contributed by atoms with van der Waals surface area (Å²) in [5.41, 5.74) is 11.9. The lowest BCUT2D eigenvalue weighted by Crippen LogP contribution is -2.60. The van der Waals surface area contributed by atoms with Gasteiger partial charge in [0, 0.05) is 37.9 Å². The monoisotopic (exact) mass is 901 g/mol. The van der Waals surface area contributed by atoms with E-state index in [2.05, 4.69) is 36.6 Å². The normalized spacial score (nSPS) is 21.3. The van der Waals surface area contributed by atoms with E-state index in [4.69, 9.17) is 11.5 Å². The molecule has 1 aromatic rings. The maximum Gasteiger partial charge on any atom is 0.326 e. The highest BCUT2D eigenvalue weighted by molar-refractivity contribution is 5.98. The van der Waals surface area contributed by atoms with Crippen LogP contribution in [-0.2, 0) is 49.6 Å². The number of carboxylic acids is 1. The highest BCUT2D eigenvalue weighted by Crippen LogP contribution is 2.23. The van der Waals surface area contributed by atoms with Gasteiger partial charge in [-0.2, -0.15) is 0 Å². The number of hydrogen-bond acceptors (Lipinski definition) is 12. The number of carboxylic acid groups (broad SMARTS) is 1. The van der Waals surface area contributed by atoms with Crippen molar-refractivity contribution < 1.29 is 48.3 Å². The van der Waals surface area contributed by atoms with E-state index in [0.717, 1.165) is 0 Å². The zero-order valence-electron chi connectivity index (χ0n) is 37.6. The Morgan fingerprint density at radius 1 is 0.688 bits per heavy atom. The summed E-state index contributed by atoms with van der Waals surface area (Å²) in [7, 11) is 0. The molecule has 3 aliphatic rings. The van der Waals surface area contributed by atoms with Gasteiger partial charge in [0.2, 0.25) is 47.3 Å². The SMILES string of the molecule is CC(C)C[C@H](NC(=O)[C@H](CCCCN)NC(=O)[C@H](C)N)C(=O)N1CCC[C@H]1C(=O)N[C@@H](Cc1cnc[nH]1)C(=O)N[C@@H](C)C(=O)N1CCC[C@H]1C(=O)N[C@@H](C)C(=O)N1CCC[C@H]1C(=O)O. The number of carbonyl (C=O) groups excluding carboxylic acids is 8. The number of nitrogens with two attached hydrogens (primary N) is 2. The molecule has 4 rings (SSSR count). The van der Waals surface area contributed by atoms with E-state index < -0.39 is 108 Å². The topological polar surface area (TPSA) is 324 Å². The summed E-state index contributed by atoms with van der Waals surface area (Å²) >= 11 is 0. The first kappa shape index (κ1) is 51.0. The minimum absolute atomic E-state index is 0.0445. The number of aliphatic carboxylic acids is 1. The molecule has 8 amide bonds. The van der Waals surface area contributed by atoms with Crippen molar-refractivity contribution in [1.82, 2.24) is 51.3 Å². The van der Waals surface area contributed by atoms with Gasteiger partial charge in [0.25, 0.3) is 0 Å². The number of likely N-dealkylation sites (tertiary alicyclic amines) is 3. The molecule has 0 unspecified atom stereocenters. The summed E-state index contributed by atoms with van der Waals surface area (Å²) in [6.07, 6.45) is 6.89. The van der Waals surface area contributed by atoms with Gasteiger partial charge in [0.05, 0.1) is 12.4 Å². The van der Waals surface area contributed by atoms with Crippen LogP contribution in [0, 0.1) is 5.92 Å². The van der Waals surface area contributed by atoms with E-state index in [0.29, 0.717) is 57.2 Å². The van der Waals surface area contributed by atoms with Crippen LogP contribution in [-0.4, -0.2) is 164 Å². The lowest BCUT2D eigenvalue weighted by Gasteiger charge is -2.32. The molecule has 4 heterocycles. The Kier molecular flexibility index (Phi) is 19.0. The Morgan fingerprint density at radius 3 is 1.73 bits per heavy atom. The lowest BCUT2D eigenvalue weighted by molar-refractivity contribution is -0.149. The van der Waals surface area contributed by atoms with Crippen LogP contribution in [0.3, 0.4) is 0 Å². The van der Waals surface area contributed by atoms with Crippen LogP contribution in [0.1, 0.15) is 105 Å². The zero-order valence-corrected chi connectivity index (χ0v) is 37.6. The van der Waals surface area contributed by atoms with Crippen molar-refractivity contribution in [3.63, 3.8) is 0 Å². The number of amides is 8. The van der Waals surface area contributed by atoms with E-state index in [9.17, 15) is 48.3 Å². The number of carbonyl (C=O) groups is 9. The molecule has 3 aliphatic heterocycles. The number of aromatic amines is 1. The fraction of sp³-hybridized carbons (Fsp3) is 0.714. The standard InChI is InChI=1S/C42H68N12O10/c1-23(2)19-30(51-35(56)28(11-6-7-15-43)49-34(55)24(3)44)41(62)53-17-9-13-32(53)38(59)50-29(20-27-21-45-22-46-27)36(57)47-25(4)39(60)52-16-8-12-31(52)37(58)48-26(5)40(61)54-18-10-14-33(54)42(63)64/h21-26,28-33H,6-20,43-44H2,1-5H3,(H,45,46)(H,47,57)(H,48,58)(H,49,55)(H,50,59)(H,51,56)(H,63,64)/t24-,25-,26-,28-,29-,30-,31-,32-,33-/m0/s1. The first-order chi connectivity index (χ1) is 30.3. The highest BCUT2D eigenvalue weighted by atomic mass is 16.4. The predicted molar refractivity (Wildman–Crippen MR) is 231 cm³/mol. The van der Waals surface area contributed by atoms with Crippen LogP contribution in [0.5, 0.6) is 0 Å². The summed E-state index contributed by atoms with van der Waals surface area (Å²) in [6, 6.07) is -9.20. The second kappa shape index (κ2) is 23.9. The number of aromatic nitrogens is 2. The fourth-order valence-electron chi connectivity index (χ4n) is 8.46. The maximum atomic E-state index is 14.2. The van der Waals surface area contributed by atoms with Gasteiger partial charge in [0.1, 0.15) is 48.3 Å². The minimum Gasteiger partial charge on any atom is -0.480 e. The molecule has 22 heteroatoms. The Morgan fingerprint density at radius 2 is 1.20 bits per heavy atom. The first-order valence-corrected chi connectivity index (χ1v) is 22.4. The molecular formula is C42H68N12O10. The van der Waals surface area contributed by atoms with Crippen molar-refractivity contribution in [2.24, 2.45) is 17.4 Å². The number of nitrogens with one attached hydrogen (secondary N) is 6. The van der Waals surface area contributed by atoms with Crippen LogP contribution in [0.25, 0.3) is 0 Å². The number of nitrogens with zero attached hydrogens (tertiary/aromatic N) is 4. The molecule has 22 nitrogen and oxygen atoms in total. The molecule has 0 saturated carbocycles.